The summed E-state index contributed by atoms with van der Waals surface area (Å²) in [7, 11) is 1.56. The van der Waals surface area contributed by atoms with Crippen LogP contribution in [-0.2, 0) is 9.47 Å². The van der Waals surface area contributed by atoms with Gasteiger partial charge in [0.2, 0.25) is 0 Å². The lowest BCUT2D eigenvalue weighted by molar-refractivity contribution is 0.0107. The average molecular weight is 451 g/mol. The fourth-order valence-corrected chi connectivity index (χ4v) is 3.10. The summed E-state index contributed by atoms with van der Waals surface area (Å²) in [6.45, 7) is 6.09. The van der Waals surface area contributed by atoms with Crippen LogP contribution in [0.5, 0.6) is 17.2 Å². The van der Waals surface area contributed by atoms with E-state index in [-0.39, 0.29) is 26.4 Å². The molecule has 0 saturated heterocycles. The van der Waals surface area contributed by atoms with Crippen molar-refractivity contribution in [1.82, 2.24) is 0 Å². The highest BCUT2D eigenvalue weighted by molar-refractivity contribution is 5.95. The van der Waals surface area contributed by atoms with Crippen LogP contribution in [-0.4, -0.2) is 69.2 Å². The lowest BCUT2D eigenvalue weighted by Gasteiger charge is -2.19. The van der Waals surface area contributed by atoms with Crippen molar-refractivity contribution in [3.8, 4) is 17.2 Å². The van der Waals surface area contributed by atoms with E-state index in [4.69, 9.17) is 23.7 Å². The molecule has 0 saturated carbocycles. The van der Waals surface area contributed by atoms with Gasteiger partial charge >= 0.3 is 0 Å². The maximum absolute atomic E-state index is 10.2. The monoisotopic (exact) mass is 450 g/mol. The number of fused-ring (bicyclic) bond motifs is 1. The van der Waals surface area contributed by atoms with E-state index in [2.05, 4.69) is 13.8 Å². The van der Waals surface area contributed by atoms with E-state index in [1.165, 1.54) is 0 Å². The molecule has 0 aliphatic carbocycles. The fraction of sp³-hybridized carbons (Fsp3) is 0.600. The zero-order valence-corrected chi connectivity index (χ0v) is 19.5. The Morgan fingerprint density at radius 2 is 1.31 bits per heavy atom. The smallest absolute Gasteiger partial charge is 0.169 e. The van der Waals surface area contributed by atoms with Crippen LogP contribution in [0.3, 0.4) is 0 Å². The first-order chi connectivity index (χ1) is 15.6. The molecule has 180 valence electrons. The van der Waals surface area contributed by atoms with E-state index < -0.39 is 12.2 Å². The van der Waals surface area contributed by atoms with Crippen molar-refractivity contribution in [2.75, 3.05) is 46.8 Å². The molecule has 32 heavy (non-hydrogen) atoms. The molecular weight excluding hydrogens is 412 g/mol. The molecule has 2 atom stereocenters. The van der Waals surface area contributed by atoms with Crippen LogP contribution in [0.1, 0.15) is 39.5 Å². The van der Waals surface area contributed by atoms with Crippen molar-refractivity contribution in [3.63, 3.8) is 0 Å². The van der Waals surface area contributed by atoms with Gasteiger partial charge < -0.3 is 33.9 Å². The van der Waals surface area contributed by atoms with E-state index >= 15 is 0 Å². The van der Waals surface area contributed by atoms with Gasteiger partial charge in [-0.1, -0.05) is 51.0 Å². The number of ether oxygens (including phenoxy) is 5. The SMILES string of the molecule is CCCCOCC(O)COc1cc(OC)c(OCC(O)COCCCC)c2ccccc12. The summed E-state index contributed by atoms with van der Waals surface area (Å²) >= 11 is 0. The van der Waals surface area contributed by atoms with Crippen molar-refractivity contribution in [3.05, 3.63) is 30.3 Å². The van der Waals surface area contributed by atoms with Crippen molar-refractivity contribution >= 4 is 10.8 Å². The Morgan fingerprint density at radius 1 is 0.750 bits per heavy atom. The third-order valence-corrected chi connectivity index (χ3v) is 4.90. The quantitative estimate of drug-likeness (QED) is 0.353. The van der Waals surface area contributed by atoms with Crippen LogP contribution < -0.4 is 14.2 Å². The Morgan fingerprint density at radius 3 is 1.88 bits per heavy atom. The van der Waals surface area contributed by atoms with Crippen LogP contribution >= 0.6 is 0 Å². The Bertz CT molecular complexity index is 780. The minimum Gasteiger partial charge on any atom is -0.493 e. The summed E-state index contributed by atoms with van der Waals surface area (Å²) in [5.41, 5.74) is 0. The third-order valence-electron chi connectivity index (χ3n) is 4.90. The minimum absolute atomic E-state index is 0.0838. The molecule has 0 fully saturated rings. The second kappa shape index (κ2) is 14.9. The number of methoxy groups -OCH3 is 1. The number of unbranched alkanes of at least 4 members (excludes halogenated alkanes) is 2. The molecule has 0 amide bonds. The zero-order valence-electron chi connectivity index (χ0n) is 19.5. The molecular formula is C25H38O7. The maximum atomic E-state index is 10.2. The Kier molecular flexibility index (Phi) is 12.2. The van der Waals surface area contributed by atoms with Crippen molar-refractivity contribution in [2.24, 2.45) is 0 Å². The second-order valence-corrected chi connectivity index (χ2v) is 7.74. The number of benzene rings is 2. The molecule has 0 heterocycles. The molecule has 2 rings (SSSR count). The first kappa shape index (κ1) is 26.2. The lowest BCUT2D eigenvalue weighted by Crippen LogP contribution is -2.24. The largest absolute Gasteiger partial charge is 0.493 e. The third kappa shape index (κ3) is 8.47. The first-order valence-electron chi connectivity index (χ1n) is 11.5. The number of hydrogen-bond acceptors (Lipinski definition) is 7. The molecule has 7 heteroatoms. The van der Waals surface area contributed by atoms with Crippen molar-refractivity contribution in [1.29, 1.82) is 0 Å². The summed E-state index contributed by atoms with van der Waals surface area (Å²) in [5, 5.41) is 22.0. The molecule has 2 N–H and O–H groups in total. The number of aliphatic hydroxyl groups is 2. The molecule has 0 bridgehead atoms. The second-order valence-electron chi connectivity index (χ2n) is 7.74. The van der Waals surface area contributed by atoms with E-state index in [9.17, 15) is 10.2 Å². The van der Waals surface area contributed by atoms with Gasteiger partial charge in [-0.2, -0.15) is 0 Å². The van der Waals surface area contributed by atoms with E-state index in [1.807, 2.05) is 24.3 Å². The van der Waals surface area contributed by atoms with Gasteiger partial charge in [-0.3, -0.25) is 0 Å². The molecule has 0 spiro atoms. The molecule has 0 aliphatic rings. The van der Waals surface area contributed by atoms with Gasteiger partial charge in [0.25, 0.3) is 0 Å². The molecule has 0 radical (unpaired) electrons. The summed E-state index contributed by atoms with van der Waals surface area (Å²) in [5.74, 6) is 1.61. The van der Waals surface area contributed by atoms with Gasteiger partial charge in [-0.05, 0) is 12.8 Å². The summed E-state index contributed by atoms with van der Waals surface area (Å²) < 4.78 is 28.3. The zero-order chi connectivity index (χ0) is 23.2. The van der Waals surface area contributed by atoms with E-state index in [0.29, 0.717) is 30.5 Å². The van der Waals surface area contributed by atoms with Crippen LogP contribution in [0, 0.1) is 0 Å². The van der Waals surface area contributed by atoms with Gasteiger partial charge in [0.15, 0.2) is 11.5 Å². The van der Waals surface area contributed by atoms with Crippen LogP contribution in [0.25, 0.3) is 10.8 Å². The van der Waals surface area contributed by atoms with Gasteiger partial charge in [0.05, 0.1) is 20.3 Å². The average Bonchev–Trinajstić information content (AvgIpc) is 2.81. The minimum atomic E-state index is -0.742. The normalized spacial score (nSPS) is 13.2. The molecule has 7 nitrogen and oxygen atoms in total. The van der Waals surface area contributed by atoms with E-state index in [1.54, 1.807) is 13.2 Å². The molecule has 0 aromatic heterocycles. The highest BCUT2D eigenvalue weighted by Crippen LogP contribution is 2.41. The summed E-state index contributed by atoms with van der Waals surface area (Å²) in [6.07, 6.45) is 2.57. The number of rotatable bonds is 17. The predicted molar refractivity (Wildman–Crippen MR) is 125 cm³/mol. The molecule has 0 aliphatic heterocycles. The van der Waals surface area contributed by atoms with Gasteiger partial charge in [-0.25, -0.2) is 0 Å². The van der Waals surface area contributed by atoms with Crippen LogP contribution in [0.15, 0.2) is 30.3 Å². The van der Waals surface area contributed by atoms with Gasteiger partial charge in [0, 0.05) is 30.1 Å². The fourth-order valence-electron chi connectivity index (χ4n) is 3.10. The molecule has 2 aromatic carbocycles. The first-order valence-corrected chi connectivity index (χ1v) is 11.5. The van der Waals surface area contributed by atoms with Crippen LogP contribution in [0.4, 0.5) is 0 Å². The standard InChI is InChI=1S/C25H38O7/c1-4-6-12-29-15-19(26)17-31-23-14-24(28-3)25(22-11-9-8-10-21(22)23)32-18-20(27)16-30-13-7-5-2/h8-11,14,19-20,26-27H,4-7,12-13,15-18H2,1-3H3. The summed E-state index contributed by atoms with van der Waals surface area (Å²) in [4.78, 5) is 0. The maximum Gasteiger partial charge on any atom is 0.169 e. The highest BCUT2D eigenvalue weighted by Gasteiger charge is 2.17. The number of hydrogen-bond donors (Lipinski definition) is 2. The Balaban J connectivity index is 2.06. The summed E-state index contributed by atoms with van der Waals surface area (Å²) in [6, 6.07) is 9.39. The number of aliphatic hydroxyl groups excluding tert-OH is 2. The van der Waals surface area contributed by atoms with Crippen molar-refractivity contribution < 1.29 is 33.9 Å². The van der Waals surface area contributed by atoms with Crippen molar-refractivity contribution in [2.45, 2.75) is 51.7 Å². The van der Waals surface area contributed by atoms with Crippen LogP contribution in [0.2, 0.25) is 0 Å². The lowest BCUT2D eigenvalue weighted by atomic mass is 10.1. The predicted octanol–water partition coefficient (Wildman–Crippen LogP) is 3.96. The topological polar surface area (TPSA) is 86.6 Å². The highest BCUT2D eigenvalue weighted by atomic mass is 16.5. The van der Waals surface area contributed by atoms with Gasteiger partial charge in [0.1, 0.15) is 31.2 Å². The molecule has 2 aromatic rings. The Hall–Kier alpha value is -2.06. The Labute approximate surface area is 191 Å². The van der Waals surface area contributed by atoms with Gasteiger partial charge in [-0.15, -0.1) is 0 Å². The van der Waals surface area contributed by atoms with E-state index in [0.717, 1.165) is 36.5 Å². The molecule has 2 unspecified atom stereocenters.